The summed E-state index contributed by atoms with van der Waals surface area (Å²) in [5.74, 6) is 0.187. The van der Waals surface area contributed by atoms with Crippen molar-refractivity contribution in [3.8, 4) is 11.5 Å². The maximum Gasteiger partial charge on any atom is 0.511 e. The molecule has 0 saturated heterocycles. The van der Waals surface area contributed by atoms with Gasteiger partial charge in [0.15, 0.2) is 11.5 Å². The van der Waals surface area contributed by atoms with Gasteiger partial charge in [0.05, 0.1) is 0 Å². The summed E-state index contributed by atoms with van der Waals surface area (Å²) >= 11 is 0. The van der Waals surface area contributed by atoms with Crippen molar-refractivity contribution in [2.45, 2.75) is 79.1 Å². The van der Waals surface area contributed by atoms with Crippen molar-refractivity contribution in [3.63, 3.8) is 0 Å². The van der Waals surface area contributed by atoms with E-state index in [-0.39, 0.29) is 11.5 Å². The average Bonchev–Trinajstić information content (AvgIpc) is 2.50. The van der Waals surface area contributed by atoms with Crippen LogP contribution < -0.4 is 4.74 Å². The Kier molecular flexibility index (Phi) is 7.93. The molecule has 0 heterocycles. The van der Waals surface area contributed by atoms with Crippen LogP contribution in [0.15, 0.2) is 0 Å². The fourth-order valence-corrected chi connectivity index (χ4v) is 3.26. The first-order valence-corrected chi connectivity index (χ1v) is 8.80. The van der Waals surface area contributed by atoms with Crippen molar-refractivity contribution in [3.05, 3.63) is 22.3 Å². The van der Waals surface area contributed by atoms with Gasteiger partial charge >= 0.3 is 6.16 Å². The summed E-state index contributed by atoms with van der Waals surface area (Å²) in [5, 5.41) is 19.8. The molecule has 0 saturated carbocycles. The van der Waals surface area contributed by atoms with Gasteiger partial charge in [0, 0.05) is 11.1 Å². The van der Waals surface area contributed by atoms with E-state index in [0.29, 0.717) is 6.42 Å². The lowest BCUT2D eigenvalue weighted by atomic mass is 9.86. The maximum absolute atomic E-state index is 11.1. The number of ether oxygens (including phenoxy) is 1. The molecule has 0 aliphatic carbocycles. The second kappa shape index (κ2) is 9.43. The van der Waals surface area contributed by atoms with E-state index in [0.717, 1.165) is 56.1 Å². The Bertz CT molecular complexity index is 535. The summed E-state index contributed by atoms with van der Waals surface area (Å²) in [6, 6.07) is 0. The Balaban J connectivity index is 3.69. The summed E-state index contributed by atoms with van der Waals surface area (Å²) in [5.41, 5.74) is 4.13. The Morgan fingerprint density at radius 2 is 1.17 bits per heavy atom. The quantitative estimate of drug-likeness (QED) is 0.481. The minimum atomic E-state index is -1.37. The van der Waals surface area contributed by atoms with Crippen LogP contribution in [-0.2, 0) is 25.7 Å². The molecule has 130 valence electrons. The molecule has 0 spiro atoms. The third kappa shape index (κ3) is 4.63. The predicted octanol–water partition coefficient (Wildman–Crippen LogP) is 5.26. The van der Waals surface area contributed by atoms with E-state index in [2.05, 4.69) is 27.7 Å². The molecule has 0 aromatic heterocycles. The van der Waals surface area contributed by atoms with Crippen LogP contribution in [0, 0.1) is 0 Å². The van der Waals surface area contributed by atoms with Gasteiger partial charge in [-0.3, -0.25) is 0 Å². The topological polar surface area (TPSA) is 66.8 Å². The van der Waals surface area contributed by atoms with Crippen LogP contribution >= 0.6 is 0 Å². The van der Waals surface area contributed by atoms with Crippen LogP contribution in [0.5, 0.6) is 11.5 Å². The zero-order chi connectivity index (χ0) is 17.4. The first-order valence-electron chi connectivity index (χ1n) is 8.80. The second-order valence-corrected chi connectivity index (χ2v) is 5.96. The van der Waals surface area contributed by atoms with E-state index in [1.54, 1.807) is 0 Å². The summed E-state index contributed by atoms with van der Waals surface area (Å²) in [4.78, 5) is 11.1. The van der Waals surface area contributed by atoms with Crippen LogP contribution in [0.25, 0.3) is 0 Å². The molecule has 4 nitrogen and oxygen atoms in total. The van der Waals surface area contributed by atoms with E-state index < -0.39 is 6.16 Å². The van der Waals surface area contributed by atoms with E-state index in [1.807, 2.05) is 0 Å². The zero-order valence-electron chi connectivity index (χ0n) is 14.9. The first-order chi connectivity index (χ1) is 11.0. The number of phenols is 1. The van der Waals surface area contributed by atoms with Crippen molar-refractivity contribution in [2.75, 3.05) is 0 Å². The minimum Gasteiger partial charge on any atom is -0.504 e. The molecule has 1 rings (SSSR count). The van der Waals surface area contributed by atoms with Gasteiger partial charge in [0.2, 0.25) is 0 Å². The highest BCUT2D eigenvalue weighted by molar-refractivity contribution is 5.68. The van der Waals surface area contributed by atoms with E-state index in [4.69, 9.17) is 9.84 Å². The monoisotopic (exact) mass is 322 g/mol. The third-order valence-electron chi connectivity index (χ3n) is 4.06. The van der Waals surface area contributed by atoms with E-state index in [9.17, 15) is 9.90 Å². The van der Waals surface area contributed by atoms with Gasteiger partial charge < -0.3 is 14.9 Å². The zero-order valence-corrected chi connectivity index (χ0v) is 14.9. The second-order valence-electron chi connectivity index (χ2n) is 5.96. The summed E-state index contributed by atoms with van der Waals surface area (Å²) in [6.07, 6.45) is 5.63. The summed E-state index contributed by atoms with van der Waals surface area (Å²) in [6.45, 7) is 8.36. The van der Waals surface area contributed by atoms with Gasteiger partial charge in [-0.25, -0.2) is 4.79 Å². The van der Waals surface area contributed by atoms with Crippen LogP contribution in [-0.4, -0.2) is 16.4 Å². The molecule has 0 aliphatic heterocycles. The van der Waals surface area contributed by atoms with Crippen molar-refractivity contribution in [1.82, 2.24) is 0 Å². The van der Waals surface area contributed by atoms with Gasteiger partial charge in [-0.2, -0.15) is 0 Å². The molecule has 23 heavy (non-hydrogen) atoms. The van der Waals surface area contributed by atoms with Crippen LogP contribution in [0.4, 0.5) is 4.79 Å². The highest BCUT2D eigenvalue weighted by Gasteiger charge is 2.24. The number of aromatic hydroxyl groups is 1. The first kappa shape index (κ1) is 19.3. The number of phenolic OH excluding ortho intramolecular Hbond substituents is 1. The lowest BCUT2D eigenvalue weighted by Gasteiger charge is -2.23. The van der Waals surface area contributed by atoms with Gasteiger partial charge in [0.1, 0.15) is 0 Å². The lowest BCUT2D eigenvalue weighted by Crippen LogP contribution is -2.12. The average molecular weight is 322 g/mol. The number of carbonyl (C=O) groups is 1. The summed E-state index contributed by atoms with van der Waals surface area (Å²) in [7, 11) is 0. The number of rotatable bonds is 9. The molecule has 1 aromatic carbocycles. The van der Waals surface area contributed by atoms with E-state index in [1.165, 1.54) is 11.1 Å². The van der Waals surface area contributed by atoms with Crippen molar-refractivity contribution >= 4 is 6.16 Å². The normalized spacial score (nSPS) is 10.8. The standard InChI is InChI=1S/C19H30O4/c1-5-9-13-14(10-6-2)16(12-8-4)18(23-19(21)22)17(20)15(13)11-7-3/h20H,5-12H2,1-4H3,(H,21,22). The molecule has 0 aliphatic rings. The Labute approximate surface area is 139 Å². The van der Waals surface area contributed by atoms with Crippen LogP contribution in [0.2, 0.25) is 0 Å². The number of hydrogen-bond donors (Lipinski definition) is 2. The molecule has 0 unspecified atom stereocenters. The largest absolute Gasteiger partial charge is 0.511 e. The molecule has 2 N–H and O–H groups in total. The molecule has 1 aromatic rings. The Morgan fingerprint density at radius 3 is 1.61 bits per heavy atom. The van der Waals surface area contributed by atoms with Crippen LogP contribution in [0.3, 0.4) is 0 Å². The SMILES string of the molecule is CCCc1c(O)c(OC(=O)O)c(CCC)c(CCC)c1CCC. The fourth-order valence-electron chi connectivity index (χ4n) is 3.26. The molecule has 0 amide bonds. The summed E-state index contributed by atoms with van der Waals surface area (Å²) < 4.78 is 5.00. The molecule has 0 radical (unpaired) electrons. The lowest BCUT2D eigenvalue weighted by molar-refractivity contribution is 0.142. The number of hydrogen-bond acceptors (Lipinski definition) is 3. The highest BCUT2D eigenvalue weighted by Crippen LogP contribution is 2.42. The van der Waals surface area contributed by atoms with E-state index >= 15 is 0 Å². The van der Waals surface area contributed by atoms with Gasteiger partial charge in [-0.15, -0.1) is 0 Å². The van der Waals surface area contributed by atoms with Crippen molar-refractivity contribution < 1.29 is 19.7 Å². The van der Waals surface area contributed by atoms with Gasteiger partial charge in [-0.05, 0) is 36.8 Å². The molecule has 0 bridgehead atoms. The smallest absolute Gasteiger partial charge is 0.504 e. The maximum atomic E-state index is 11.1. The third-order valence-corrected chi connectivity index (χ3v) is 4.06. The highest BCUT2D eigenvalue weighted by atomic mass is 16.7. The number of carboxylic acid groups (broad SMARTS) is 1. The molecule has 0 fully saturated rings. The molecular weight excluding hydrogens is 292 g/mol. The van der Waals surface area contributed by atoms with Crippen LogP contribution in [0.1, 0.15) is 75.6 Å². The Hall–Kier alpha value is -1.71. The van der Waals surface area contributed by atoms with Crippen molar-refractivity contribution in [2.24, 2.45) is 0 Å². The van der Waals surface area contributed by atoms with Gasteiger partial charge in [0.25, 0.3) is 0 Å². The fraction of sp³-hybridized carbons (Fsp3) is 0.632. The number of benzene rings is 1. The van der Waals surface area contributed by atoms with Gasteiger partial charge in [-0.1, -0.05) is 53.4 Å². The minimum absolute atomic E-state index is 0.0287. The molecular formula is C19H30O4. The van der Waals surface area contributed by atoms with Crippen molar-refractivity contribution in [1.29, 1.82) is 0 Å². The Morgan fingerprint density at radius 1 is 0.783 bits per heavy atom. The molecule has 4 heteroatoms. The predicted molar refractivity (Wildman–Crippen MR) is 92.7 cm³/mol. The molecule has 0 atom stereocenters.